The SMILES string of the molecule is Cc1[nH]c2ccc(C(=O)OCC(=O)Nc3ccccc3OC(F)F)cc2c1C. The van der Waals surface area contributed by atoms with Crippen LogP contribution in [0.2, 0.25) is 0 Å². The molecule has 0 saturated heterocycles. The van der Waals surface area contributed by atoms with Gasteiger partial charge >= 0.3 is 12.6 Å². The number of amides is 1. The number of rotatable bonds is 6. The number of aryl methyl sites for hydroxylation is 2. The Bertz CT molecular complexity index is 1030. The van der Waals surface area contributed by atoms with Crippen LogP contribution in [-0.2, 0) is 9.53 Å². The molecule has 0 aliphatic carbocycles. The minimum Gasteiger partial charge on any atom is -0.452 e. The first-order chi connectivity index (χ1) is 13.3. The minimum absolute atomic E-state index is 0.0590. The zero-order valence-electron chi connectivity index (χ0n) is 15.2. The molecule has 146 valence electrons. The molecule has 0 saturated carbocycles. The average Bonchev–Trinajstić information content (AvgIpc) is 2.94. The van der Waals surface area contributed by atoms with E-state index in [1.54, 1.807) is 24.3 Å². The molecule has 1 heterocycles. The van der Waals surface area contributed by atoms with Crippen LogP contribution in [0.4, 0.5) is 14.5 Å². The normalized spacial score (nSPS) is 10.9. The number of para-hydroxylation sites is 2. The van der Waals surface area contributed by atoms with Gasteiger partial charge in [-0.25, -0.2) is 4.79 Å². The van der Waals surface area contributed by atoms with Crippen molar-refractivity contribution in [2.75, 3.05) is 11.9 Å². The van der Waals surface area contributed by atoms with Crippen LogP contribution in [-0.4, -0.2) is 30.1 Å². The summed E-state index contributed by atoms with van der Waals surface area (Å²) in [4.78, 5) is 27.5. The van der Waals surface area contributed by atoms with Crippen molar-refractivity contribution < 1.29 is 27.8 Å². The number of anilines is 1. The quantitative estimate of drug-likeness (QED) is 0.621. The number of benzene rings is 2. The third-order valence-corrected chi connectivity index (χ3v) is 4.26. The van der Waals surface area contributed by atoms with E-state index in [1.807, 2.05) is 13.8 Å². The van der Waals surface area contributed by atoms with Gasteiger partial charge in [-0.2, -0.15) is 8.78 Å². The molecule has 0 unspecified atom stereocenters. The number of alkyl halides is 2. The lowest BCUT2D eigenvalue weighted by molar-refractivity contribution is -0.119. The zero-order valence-corrected chi connectivity index (χ0v) is 15.2. The summed E-state index contributed by atoms with van der Waals surface area (Å²) in [5.41, 5.74) is 3.30. The van der Waals surface area contributed by atoms with Crippen LogP contribution < -0.4 is 10.1 Å². The molecule has 1 amide bonds. The Morgan fingerprint density at radius 2 is 1.89 bits per heavy atom. The van der Waals surface area contributed by atoms with E-state index < -0.39 is 25.1 Å². The summed E-state index contributed by atoms with van der Waals surface area (Å²) in [5.74, 6) is -1.51. The first-order valence-electron chi connectivity index (χ1n) is 8.45. The number of carbonyl (C=O) groups excluding carboxylic acids is 2. The third kappa shape index (κ3) is 4.28. The highest BCUT2D eigenvalue weighted by Crippen LogP contribution is 2.25. The number of H-pyrrole nitrogens is 1. The van der Waals surface area contributed by atoms with E-state index in [9.17, 15) is 18.4 Å². The summed E-state index contributed by atoms with van der Waals surface area (Å²) in [6.45, 7) is 0.291. The van der Waals surface area contributed by atoms with Gasteiger partial charge < -0.3 is 19.8 Å². The number of esters is 1. The molecule has 28 heavy (non-hydrogen) atoms. The van der Waals surface area contributed by atoms with Gasteiger partial charge in [0.2, 0.25) is 0 Å². The number of ether oxygens (including phenoxy) is 2. The number of aromatic nitrogens is 1. The van der Waals surface area contributed by atoms with Gasteiger partial charge in [-0.15, -0.1) is 0 Å². The molecule has 6 nitrogen and oxygen atoms in total. The number of carbonyl (C=O) groups is 2. The van der Waals surface area contributed by atoms with E-state index in [1.165, 1.54) is 18.2 Å². The maximum Gasteiger partial charge on any atom is 0.387 e. The molecule has 2 aromatic carbocycles. The van der Waals surface area contributed by atoms with Crippen LogP contribution in [0.1, 0.15) is 21.6 Å². The highest BCUT2D eigenvalue weighted by molar-refractivity contribution is 5.98. The van der Waals surface area contributed by atoms with Gasteiger partial charge in [-0.05, 0) is 49.7 Å². The van der Waals surface area contributed by atoms with Crippen molar-refractivity contribution >= 4 is 28.5 Å². The summed E-state index contributed by atoms with van der Waals surface area (Å²) in [5, 5.41) is 3.28. The highest BCUT2D eigenvalue weighted by Gasteiger charge is 2.15. The molecule has 0 bridgehead atoms. The Kier molecular flexibility index (Phi) is 5.58. The lowest BCUT2D eigenvalue weighted by Crippen LogP contribution is -2.21. The van der Waals surface area contributed by atoms with E-state index in [-0.39, 0.29) is 11.4 Å². The van der Waals surface area contributed by atoms with Crippen molar-refractivity contribution in [2.24, 2.45) is 0 Å². The lowest BCUT2D eigenvalue weighted by Gasteiger charge is -2.11. The molecule has 1 aromatic heterocycles. The van der Waals surface area contributed by atoms with E-state index >= 15 is 0 Å². The van der Waals surface area contributed by atoms with E-state index in [0.717, 1.165) is 22.2 Å². The molecule has 0 aliphatic rings. The van der Waals surface area contributed by atoms with Gasteiger partial charge in [0.15, 0.2) is 6.61 Å². The number of fused-ring (bicyclic) bond motifs is 1. The van der Waals surface area contributed by atoms with Crippen molar-refractivity contribution in [3.05, 3.63) is 59.3 Å². The van der Waals surface area contributed by atoms with E-state index in [4.69, 9.17) is 4.74 Å². The fourth-order valence-electron chi connectivity index (χ4n) is 2.76. The molecule has 0 fully saturated rings. The highest BCUT2D eigenvalue weighted by atomic mass is 19.3. The molecule has 0 radical (unpaired) electrons. The Labute approximate surface area is 159 Å². The number of hydrogen-bond donors (Lipinski definition) is 2. The molecule has 8 heteroatoms. The number of hydrogen-bond acceptors (Lipinski definition) is 4. The molecule has 3 rings (SSSR count). The van der Waals surface area contributed by atoms with Crippen LogP contribution in [0.5, 0.6) is 5.75 Å². The van der Waals surface area contributed by atoms with Crippen LogP contribution >= 0.6 is 0 Å². The van der Waals surface area contributed by atoms with Crippen molar-refractivity contribution in [3.63, 3.8) is 0 Å². The zero-order chi connectivity index (χ0) is 20.3. The van der Waals surface area contributed by atoms with Gasteiger partial charge in [0.1, 0.15) is 5.75 Å². The molecule has 0 aliphatic heterocycles. The summed E-state index contributed by atoms with van der Waals surface area (Å²) in [6.07, 6.45) is 0. The van der Waals surface area contributed by atoms with Crippen LogP contribution in [0.15, 0.2) is 42.5 Å². The van der Waals surface area contributed by atoms with Crippen molar-refractivity contribution in [2.45, 2.75) is 20.5 Å². The second-order valence-electron chi connectivity index (χ2n) is 6.13. The first kappa shape index (κ1) is 19.3. The molecular formula is C20H18F2N2O4. The summed E-state index contributed by atoms with van der Waals surface area (Å²) in [7, 11) is 0. The summed E-state index contributed by atoms with van der Waals surface area (Å²) in [6, 6.07) is 10.8. The maximum atomic E-state index is 12.4. The average molecular weight is 388 g/mol. The predicted molar refractivity (Wildman–Crippen MR) is 99.8 cm³/mol. The summed E-state index contributed by atoms with van der Waals surface area (Å²) >= 11 is 0. The predicted octanol–water partition coefficient (Wildman–Crippen LogP) is 4.18. The van der Waals surface area contributed by atoms with Crippen molar-refractivity contribution in [3.8, 4) is 5.75 Å². The molecule has 2 N–H and O–H groups in total. The van der Waals surface area contributed by atoms with Gasteiger partial charge in [0.25, 0.3) is 5.91 Å². The van der Waals surface area contributed by atoms with Crippen LogP contribution in [0, 0.1) is 13.8 Å². The Balaban J connectivity index is 1.63. The second kappa shape index (κ2) is 8.08. The topological polar surface area (TPSA) is 80.4 Å². The first-order valence-corrected chi connectivity index (χ1v) is 8.45. The monoisotopic (exact) mass is 388 g/mol. The fraction of sp³-hybridized carbons (Fsp3) is 0.200. The van der Waals surface area contributed by atoms with E-state index in [2.05, 4.69) is 15.0 Å². The molecule has 3 aromatic rings. The number of nitrogens with one attached hydrogen (secondary N) is 2. The Morgan fingerprint density at radius 1 is 1.14 bits per heavy atom. The smallest absolute Gasteiger partial charge is 0.387 e. The minimum atomic E-state index is -3.02. The standard InChI is InChI=1S/C20H18F2N2O4/c1-11-12(2)23-15-8-7-13(9-14(11)15)19(26)27-10-18(25)24-16-5-3-4-6-17(16)28-20(21)22/h3-9,20,23H,10H2,1-2H3,(H,24,25). The van der Waals surface area contributed by atoms with E-state index in [0.29, 0.717) is 5.56 Å². The van der Waals surface area contributed by atoms with Gasteiger partial charge in [-0.1, -0.05) is 12.1 Å². The Morgan fingerprint density at radius 3 is 2.64 bits per heavy atom. The number of halogens is 2. The van der Waals surface area contributed by atoms with Gasteiger partial charge in [0.05, 0.1) is 11.3 Å². The second-order valence-corrected chi connectivity index (χ2v) is 6.13. The van der Waals surface area contributed by atoms with Gasteiger partial charge in [-0.3, -0.25) is 4.79 Å². The number of aromatic amines is 1. The molecule has 0 spiro atoms. The summed E-state index contributed by atoms with van der Waals surface area (Å²) < 4.78 is 34.2. The van der Waals surface area contributed by atoms with Gasteiger partial charge in [0, 0.05) is 16.6 Å². The largest absolute Gasteiger partial charge is 0.452 e. The maximum absolute atomic E-state index is 12.4. The lowest BCUT2D eigenvalue weighted by atomic mass is 10.1. The molecule has 0 atom stereocenters. The third-order valence-electron chi connectivity index (χ3n) is 4.26. The fourth-order valence-corrected chi connectivity index (χ4v) is 2.76. The van der Waals surface area contributed by atoms with Crippen molar-refractivity contribution in [1.29, 1.82) is 0 Å². The van der Waals surface area contributed by atoms with Crippen molar-refractivity contribution in [1.82, 2.24) is 4.98 Å². The van der Waals surface area contributed by atoms with Crippen LogP contribution in [0.3, 0.4) is 0 Å². The molecular weight excluding hydrogens is 370 g/mol. The van der Waals surface area contributed by atoms with Crippen LogP contribution in [0.25, 0.3) is 10.9 Å². The Hall–Kier alpha value is -3.42.